The maximum Gasteiger partial charge on any atom is 0.328 e. The first kappa shape index (κ1) is 16.0. The minimum atomic E-state index is -0.350. The number of aromatic nitrogens is 2. The molecule has 2 amide bonds. The number of amides is 2. The van der Waals surface area contributed by atoms with Gasteiger partial charge in [0.15, 0.2) is 0 Å². The van der Waals surface area contributed by atoms with Crippen LogP contribution in [0.1, 0.15) is 28.5 Å². The van der Waals surface area contributed by atoms with Crippen molar-refractivity contribution >= 4 is 11.8 Å². The van der Waals surface area contributed by atoms with E-state index in [1.807, 2.05) is 30.3 Å². The Morgan fingerprint density at radius 3 is 2.50 bits per heavy atom. The van der Waals surface area contributed by atoms with Gasteiger partial charge in [-0.1, -0.05) is 30.3 Å². The minimum Gasteiger partial charge on any atom is -0.354 e. The van der Waals surface area contributed by atoms with Crippen LogP contribution in [0.15, 0.2) is 41.3 Å². The molecule has 1 aromatic carbocycles. The van der Waals surface area contributed by atoms with Gasteiger partial charge < -0.3 is 14.8 Å². The predicted molar refractivity (Wildman–Crippen MR) is 88.5 cm³/mol. The molecule has 2 heterocycles. The Morgan fingerprint density at radius 2 is 1.88 bits per heavy atom. The van der Waals surface area contributed by atoms with Crippen LogP contribution >= 0.6 is 0 Å². The van der Waals surface area contributed by atoms with Crippen LogP contribution in [-0.4, -0.2) is 38.9 Å². The fourth-order valence-corrected chi connectivity index (χ4v) is 3.06. The molecule has 24 heavy (non-hydrogen) atoms. The van der Waals surface area contributed by atoms with Crippen molar-refractivity contribution in [2.45, 2.75) is 12.5 Å². The summed E-state index contributed by atoms with van der Waals surface area (Å²) in [6.07, 6.45) is 1.74. The molecule has 2 aromatic rings. The van der Waals surface area contributed by atoms with E-state index < -0.39 is 0 Å². The molecule has 0 spiro atoms. The Hall–Kier alpha value is -2.83. The normalized spacial score (nSPS) is 18.2. The number of hydrogen-bond acceptors (Lipinski definition) is 3. The van der Waals surface area contributed by atoms with Crippen molar-refractivity contribution in [2.75, 3.05) is 13.1 Å². The molecule has 1 atom stereocenters. The average molecular weight is 328 g/mol. The van der Waals surface area contributed by atoms with Crippen molar-refractivity contribution in [1.29, 1.82) is 0 Å². The summed E-state index contributed by atoms with van der Waals surface area (Å²) in [5.74, 6) is -0.332. The third kappa shape index (κ3) is 2.84. The number of carbonyl (C=O) groups is 2. The monoisotopic (exact) mass is 328 g/mol. The van der Waals surface area contributed by atoms with Crippen molar-refractivity contribution in [2.24, 2.45) is 14.1 Å². The topological polar surface area (TPSA) is 76.3 Å². The summed E-state index contributed by atoms with van der Waals surface area (Å²) in [7, 11) is 3.19. The molecule has 1 aliphatic heterocycles. The lowest BCUT2D eigenvalue weighted by atomic mass is 10.0. The molecule has 7 nitrogen and oxygen atoms in total. The van der Waals surface area contributed by atoms with E-state index in [1.54, 1.807) is 19.0 Å². The van der Waals surface area contributed by atoms with E-state index in [-0.39, 0.29) is 30.0 Å². The predicted octanol–water partition coefficient (Wildman–Crippen LogP) is 0.427. The third-order valence-corrected chi connectivity index (χ3v) is 4.36. The first-order chi connectivity index (χ1) is 11.5. The zero-order valence-electron chi connectivity index (χ0n) is 13.7. The Morgan fingerprint density at radius 1 is 1.17 bits per heavy atom. The molecule has 7 heteroatoms. The van der Waals surface area contributed by atoms with Crippen molar-refractivity contribution in [3.05, 3.63) is 58.3 Å². The number of carbonyl (C=O) groups excluding carboxylic acids is 2. The number of benzene rings is 1. The lowest BCUT2D eigenvalue weighted by molar-refractivity contribution is -0.121. The molecular weight excluding hydrogens is 308 g/mol. The fourth-order valence-electron chi connectivity index (χ4n) is 3.06. The van der Waals surface area contributed by atoms with Crippen molar-refractivity contribution in [3.8, 4) is 0 Å². The zero-order valence-corrected chi connectivity index (χ0v) is 13.7. The number of nitrogens with one attached hydrogen (secondary N) is 1. The molecule has 1 saturated heterocycles. The Labute approximate surface area is 139 Å². The first-order valence-electron chi connectivity index (χ1n) is 7.84. The molecule has 0 bridgehead atoms. The Bertz CT molecular complexity index is 822. The van der Waals surface area contributed by atoms with E-state index in [9.17, 15) is 14.4 Å². The van der Waals surface area contributed by atoms with Crippen molar-refractivity contribution in [3.63, 3.8) is 0 Å². The summed E-state index contributed by atoms with van der Waals surface area (Å²) in [5, 5.41) is 2.81. The van der Waals surface area contributed by atoms with Crippen LogP contribution in [0.25, 0.3) is 0 Å². The summed E-state index contributed by atoms with van der Waals surface area (Å²) < 4.78 is 2.72. The maximum atomic E-state index is 13.0. The largest absolute Gasteiger partial charge is 0.354 e. The van der Waals surface area contributed by atoms with Crippen LogP contribution < -0.4 is 11.0 Å². The average Bonchev–Trinajstić information content (AvgIpc) is 2.76. The summed E-state index contributed by atoms with van der Waals surface area (Å²) >= 11 is 0. The summed E-state index contributed by atoms with van der Waals surface area (Å²) in [6.45, 7) is 0.794. The fraction of sp³-hybridized carbons (Fsp3) is 0.353. The lowest BCUT2D eigenvalue weighted by Gasteiger charge is -2.29. The summed E-state index contributed by atoms with van der Waals surface area (Å²) in [5.41, 5.74) is 0.972. The van der Waals surface area contributed by atoms with Gasteiger partial charge in [-0.05, 0) is 5.56 Å². The van der Waals surface area contributed by atoms with Crippen LogP contribution in [0.2, 0.25) is 0 Å². The van der Waals surface area contributed by atoms with E-state index in [0.29, 0.717) is 18.8 Å². The number of rotatable bonds is 2. The first-order valence-corrected chi connectivity index (χ1v) is 7.84. The van der Waals surface area contributed by atoms with E-state index in [4.69, 9.17) is 0 Å². The highest BCUT2D eigenvalue weighted by Crippen LogP contribution is 2.27. The Balaban J connectivity index is 2.01. The number of aryl methyl sites for hydroxylation is 1. The highest BCUT2D eigenvalue weighted by Gasteiger charge is 2.31. The standard InChI is InChI=1S/C17H20N4O3/c1-19-11-14(20(2)17(19)24)16(23)21-9-8-18-15(22)10-13(21)12-6-4-3-5-7-12/h3-7,11,13H,8-10H2,1-2H3,(H,18,22). The SMILES string of the molecule is Cn1cc(C(=O)N2CCNC(=O)CC2c2ccccc2)n(C)c1=O. The van der Waals surface area contributed by atoms with Gasteiger partial charge in [0.05, 0.1) is 12.5 Å². The maximum absolute atomic E-state index is 13.0. The molecule has 0 radical (unpaired) electrons. The molecule has 1 aromatic heterocycles. The Kier molecular flexibility index (Phi) is 4.24. The number of nitrogens with zero attached hydrogens (tertiary/aromatic N) is 3. The van der Waals surface area contributed by atoms with Crippen LogP contribution in [0.5, 0.6) is 0 Å². The van der Waals surface area contributed by atoms with Gasteiger partial charge >= 0.3 is 5.69 Å². The summed E-state index contributed by atoms with van der Waals surface area (Å²) in [4.78, 5) is 38.6. The second-order valence-corrected chi connectivity index (χ2v) is 5.95. The van der Waals surface area contributed by atoms with Gasteiger partial charge in [0.25, 0.3) is 5.91 Å². The lowest BCUT2D eigenvalue weighted by Crippen LogP contribution is -2.38. The van der Waals surface area contributed by atoms with Gasteiger partial charge in [0, 0.05) is 33.4 Å². The third-order valence-electron chi connectivity index (χ3n) is 4.36. The smallest absolute Gasteiger partial charge is 0.328 e. The van der Waals surface area contributed by atoms with Crippen LogP contribution in [0.3, 0.4) is 0 Å². The molecule has 126 valence electrons. The van der Waals surface area contributed by atoms with E-state index in [2.05, 4.69) is 5.32 Å². The summed E-state index contributed by atoms with van der Waals surface area (Å²) in [6, 6.07) is 9.14. The van der Waals surface area contributed by atoms with E-state index in [0.717, 1.165) is 5.56 Å². The van der Waals surface area contributed by atoms with E-state index >= 15 is 0 Å². The van der Waals surface area contributed by atoms with Gasteiger partial charge in [-0.15, -0.1) is 0 Å². The molecule has 1 unspecified atom stereocenters. The van der Waals surface area contributed by atoms with Gasteiger partial charge in [0.1, 0.15) is 5.69 Å². The quantitative estimate of drug-likeness (QED) is 0.868. The van der Waals surface area contributed by atoms with Crippen molar-refractivity contribution < 1.29 is 9.59 Å². The van der Waals surface area contributed by atoms with Gasteiger partial charge in [-0.2, -0.15) is 0 Å². The second-order valence-electron chi connectivity index (χ2n) is 5.95. The van der Waals surface area contributed by atoms with Gasteiger partial charge in [0.2, 0.25) is 5.91 Å². The molecule has 1 fully saturated rings. The second kappa shape index (κ2) is 6.35. The molecular formula is C17H20N4O3. The molecule has 0 aliphatic carbocycles. The highest BCUT2D eigenvalue weighted by molar-refractivity contribution is 5.93. The van der Waals surface area contributed by atoms with Gasteiger partial charge in [-0.25, -0.2) is 4.79 Å². The zero-order chi connectivity index (χ0) is 17.3. The van der Waals surface area contributed by atoms with Crippen molar-refractivity contribution in [1.82, 2.24) is 19.4 Å². The molecule has 1 N–H and O–H groups in total. The van der Waals surface area contributed by atoms with Crippen LogP contribution in [-0.2, 0) is 18.9 Å². The minimum absolute atomic E-state index is 0.0823. The van der Waals surface area contributed by atoms with Crippen LogP contribution in [0, 0.1) is 0 Å². The van der Waals surface area contributed by atoms with Crippen LogP contribution in [0.4, 0.5) is 0 Å². The van der Waals surface area contributed by atoms with Gasteiger partial charge in [-0.3, -0.25) is 14.2 Å². The molecule has 3 rings (SSSR count). The molecule has 1 aliphatic rings. The number of hydrogen-bond donors (Lipinski definition) is 1. The van der Waals surface area contributed by atoms with E-state index in [1.165, 1.54) is 15.3 Å². The molecule has 0 saturated carbocycles. The highest BCUT2D eigenvalue weighted by atomic mass is 16.2. The number of imidazole rings is 1.